The summed E-state index contributed by atoms with van der Waals surface area (Å²) in [7, 11) is -5.16. The molecular weight excluding hydrogens is 448 g/mol. The van der Waals surface area contributed by atoms with E-state index in [0.29, 0.717) is 38.6 Å². The van der Waals surface area contributed by atoms with E-state index in [1.165, 1.54) is 0 Å². The Bertz CT molecular complexity index is 553. The number of carbonyl (C=O) groups is 2. The van der Waals surface area contributed by atoms with Crippen molar-refractivity contribution in [2.45, 2.75) is 71.0 Å². The van der Waals surface area contributed by atoms with Crippen molar-refractivity contribution in [1.82, 2.24) is 10.6 Å². The Hall–Kier alpha value is -0.609. The van der Waals surface area contributed by atoms with Crippen LogP contribution in [0.3, 0.4) is 0 Å². The van der Waals surface area contributed by atoms with Gasteiger partial charge in [-0.2, -0.15) is 0 Å². The highest BCUT2D eigenvalue weighted by Crippen LogP contribution is 2.29. The van der Waals surface area contributed by atoms with Crippen LogP contribution in [0.1, 0.15) is 26.2 Å². The Morgan fingerprint density at radius 1 is 0.903 bits per heavy atom. The highest BCUT2D eigenvalue weighted by molar-refractivity contribution is 6.86. The third kappa shape index (κ3) is 13.5. The Balaban J connectivity index is 5.34. The molecule has 0 saturated carbocycles. The fourth-order valence-electron chi connectivity index (χ4n) is 3.49. The minimum absolute atomic E-state index is 0.0969. The van der Waals surface area contributed by atoms with Crippen LogP contribution in [0, 0.1) is 5.92 Å². The highest BCUT2D eigenvalue weighted by Gasteiger charge is 2.44. The van der Waals surface area contributed by atoms with Crippen LogP contribution >= 0.6 is 0 Å². The van der Waals surface area contributed by atoms with E-state index < -0.39 is 31.4 Å². The quantitative estimate of drug-likeness (QED) is 0.225. The SMILES string of the molecule is CCC[Si](C)(O[Si](C)(C)C)O[Si](C)(CCC(CC(=O)NCCN)C(=O)NCCN)OC. The second-order valence-electron chi connectivity index (χ2n) is 9.20. The molecule has 0 saturated heterocycles. The minimum Gasteiger partial charge on any atom is -0.437 e. The zero-order chi connectivity index (χ0) is 24.1. The van der Waals surface area contributed by atoms with E-state index in [2.05, 4.69) is 43.7 Å². The lowest BCUT2D eigenvalue weighted by Gasteiger charge is -2.40. The number of hydrogen-bond acceptors (Lipinski definition) is 7. The maximum absolute atomic E-state index is 12.6. The summed E-state index contributed by atoms with van der Waals surface area (Å²) in [6.07, 6.45) is 1.57. The van der Waals surface area contributed by atoms with Crippen LogP contribution in [0.5, 0.6) is 0 Å². The summed E-state index contributed by atoms with van der Waals surface area (Å²) in [6, 6.07) is 1.49. The average Bonchev–Trinajstić information content (AvgIpc) is 2.66. The van der Waals surface area contributed by atoms with Gasteiger partial charge in [0.2, 0.25) is 11.8 Å². The zero-order valence-corrected chi connectivity index (χ0v) is 23.6. The molecule has 31 heavy (non-hydrogen) atoms. The summed E-state index contributed by atoms with van der Waals surface area (Å²) in [5.74, 6) is -0.841. The summed E-state index contributed by atoms with van der Waals surface area (Å²) in [4.78, 5) is 24.9. The first kappa shape index (κ1) is 30.4. The predicted octanol–water partition coefficient (Wildman–Crippen LogP) is 1.60. The summed E-state index contributed by atoms with van der Waals surface area (Å²) in [5.41, 5.74) is 11.0. The van der Waals surface area contributed by atoms with Crippen LogP contribution in [-0.4, -0.2) is 70.5 Å². The lowest BCUT2D eigenvalue weighted by molar-refractivity contribution is -0.130. The fraction of sp³-hybridized carbons (Fsp3) is 0.895. The third-order valence-electron chi connectivity index (χ3n) is 4.75. The number of rotatable bonds is 17. The van der Waals surface area contributed by atoms with Gasteiger partial charge in [0.25, 0.3) is 0 Å². The predicted molar refractivity (Wildman–Crippen MR) is 133 cm³/mol. The molecular formula is C19H46N4O5Si3. The van der Waals surface area contributed by atoms with E-state index in [-0.39, 0.29) is 18.2 Å². The molecule has 0 aliphatic rings. The molecule has 6 N–H and O–H groups in total. The molecule has 0 aliphatic carbocycles. The van der Waals surface area contributed by atoms with Gasteiger partial charge in [-0.15, -0.1) is 0 Å². The highest BCUT2D eigenvalue weighted by atomic mass is 28.5. The van der Waals surface area contributed by atoms with E-state index in [4.69, 9.17) is 24.1 Å². The van der Waals surface area contributed by atoms with Gasteiger partial charge >= 0.3 is 17.1 Å². The normalized spacial score (nSPS) is 16.8. The molecule has 0 rings (SSSR count). The topological polar surface area (TPSA) is 138 Å². The first-order valence-electron chi connectivity index (χ1n) is 11.2. The van der Waals surface area contributed by atoms with Gasteiger partial charge in [-0.1, -0.05) is 13.3 Å². The van der Waals surface area contributed by atoms with Crippen molar-refractivity contribution in [3.05, 3.63) is 0 Å². The van der Waals surface area contributed by atoms with Crippen LogP contribution in [-0.2, 0) is 22.2 Å². The van der Waals surface area contributed by atoms with Gasteiger partial charge in [0.1, 0.15) is 0 Å². The zero-order valence-electron chi connectivity index (χ0n) is 20.6. The second kappa shape index (κ2) is 14.5. The largest absolute Gasteiger partial charge is 0.437 e. The van der Waals surface area contributed by atoms with Gasteiger partial charge in [0.05, 0.1) is 0 Å². The van der Waals surface area contributed by atoms with E-state index in [0.717, 1.165) is 12.5 Å². The summed E-state index contributed by atoms with van der Waals surface area (Å²) >= 11 is 0. The molecule has 0 aromatic heterocycles. The molecule has 3 unspecified atom stereocenters. The van der Waals surface area contributed by atoms with Crippen molar-refractivity contribution in [3.8, 4) is 0 Å². The second-order valence-corrected chi connectivity index (χ2v) is 21.0. The van der Waals surface area contributed by atoms with E-state index in [1.807, 2.05) is 6.55 Å². The lowest BCUT2D eigenvalue weighted by Crippen LogP contribution is -2.55. The van der Waals surface area contributed by atoms with Crippen molar-refractivity contribution in [3.63, 3.8) is 0 Å². The molecule has 0 fully saturated rings. The monoisotopic (exact) mass is 494 g/mol. The lowest BCUT2D eigenvalue weighted by atomic mass is 10.0. The van der Waals surface area contributed by atoms with Crippen molar-refractivity contribution < 1.29 is 22.2 Å². The van der Waals surface area contributed by atoms with Crippen molar-refractivity contribution in [2.24, 2.45) is 17.4 Å². The van der Waals surface area contributed by atoms with Crippen molar-refractivity contribution >= 4 is 37.3 Å². The average molecular weight is 495 g/mol. The van der Waals surface area contributed by atoms with Gasteiger partial charge in [0.15, 0.2) is 8.32 Å². The van der Waals surface area contributed by atoms with Gasteiger partial charge in [-0.25, -0.2) is 0 Å². The van der Waals surface area contributed by atoms with Crippen LogP contribution in [0.4, 0.5) is 0 Å². The number of nitrogens with two attached hydrogens (primary N) is 2. The van der Waals surface area contributed by atoms with Gasteiger partial charge in [0, 0.05) is 45.6 Å². The molecule has 12 heteroatoms. The molecule has 2 amide bonds. The van der Waals surface area contributed by atoms with Crippen LogP contribution in [0.25, 0.3) is 0 Å². The molecule has 184 valence electrons. The number of amides is 2. The number of carbonyl (C=O) groups excluding carboxylic acids is 2. The molecule has 0 radical (unpaired) electrons. The van der Waals surface area contributed by atoms with Crippen LogP contribution in [0.15, 0.2) is 0 Å². The van der Waals surface area contributed by atoms with Crippen LogP contribution < -0.4 is 22.1 Å². The van der Waals surface area contributed by atoms with Crippen molar-refractivity contribution in [2.75, 3.05) is 33.3 Å². The smallest absolute Gasteiger partial charge is 0.325 e. The standard InChI is InChI=1S/C19H46N4O5Si3/c1-8-14-31(7,27-29(3,4)5)28-30(6,26-2)15-9-17(19(25)23-13-11-21)16-18(24)22-12-10-20/h17H,8-16,20-21H2,1-7H3,(H,22,24)(H,23,25). The number of nitrogens with one attached hydrogen (secondary N) is 2. The van der Waals surface area contributed by atoms with Gasteiger partial charge in [-0.05, 0) is 51.2 Å². The Morgan fingerprint density at radius 3 is 1.97 bits per heavy atom. The molecule has 0 spiro atoms. The molecule has 9 nitrogen and oxygen atoms in total. The first-order chi connectivity index (χ1) is 14.3. The van der Waals surface area contributed by atoms with Crippen LogP contribution in [0.2, 0.25) is 44.8 Å². The van der Waals surface area contributed by atoms with Crippen molar-refractivity contribution in [1.29, 1.82) is 0 Å². The Morgan fingerprint density at radius 2 is 1.48 bits per heavy atom. The Labute approximate surface area is 192 Å². The maximum atomic E-state index is 12.6. The third-order valence-corrected chi connectivity index (χ3v) is 15.8. The fourth-order valence-corrected chi connectivity index (χ4v) is 16.4. The van der Waals surface area contributed by atoms with Gasteiger partial charge < -0.3 is 34.8 Å². The molecule has 0 aromatic carbocycles. The molecule has 3 atom stereocenters. The van der Waals surface area contributed by atoms with Gasteiger partial charge in [-0.3, -0.25) is 9.59 Å². The molecule has 0 aliphatic heterocycles. The molecule has 0 aromatic rings. The maximum Gasteiger partial charge on any atom is 0.325 e. The Kier molecular flexibility index (Phi) is 14.2. The number of hydrogen-bond donors (Lipinski definition) is 4. The van der Waals surface area contributed by atoms with E-state index >= 15 is 0 Å². The summed E-state index contributed by atoms with van der Waals surface area (Å²) in [5, 5.41) is 5.54. The molecule has 0 heterocycles. The molecule has 0 bridgehead atoms. The summed E-state index contributed by atoms with van der Waals surface area (Å²) < 4.78 is 19.1. The van der Waals surface area contributed by atoms with E-state index in [9.17, 15) is 9.59 Å². The first-order valence-corrected chi connectivity index (χ1v) is 19.7. The minimum atomic E-state index is -2.61. The van der Waals surface area contributed by atoms with E-state index in [1.54, 1.807) is 7.11 Å². The summed E-state index contributed by atoms with van der Waals surface area (Å²) in [6.45, 7) is 14.2.